The highest BCUT2D eigenvalue weighted by molar-refractivity contribution is 7.19. The van der Waals surface area contributed by atoms with Crippen LogP contribution in [0, 0.1) is 5.82 Å². The molecule has 4 aromatic rings. The number of anilines is 1. The summed E-state index contributed by atoms with van der Waals surface area (Å²) in [4.78, 5) is 17.5. The fraction of sp³-hybridized carbons (Fsp3) is 0. The van der Waals surface area contributed by atoms with Gasteiger partial charge in [-0.05, 0) is 42.5 Å². The van der Waals surface area contributed by atoms with Gasteiger partial charge in [0.25, 0.3) is 5.91 Å². The van der Waals surface area contributed by atoms with Crippen LogP contribution in [0.1, 0.15) is 10.4 Å². The third-order valence-electron chi connectivity index (χ3n) is 3.43. The number of rotatable bonds is 4. The number of carbonyl (C=O) groups excluding carboxylic acids is 1. The summed E-state index contributed by atoms with van der Waals surface area (Å²) in [6.45, 7) is 0. The minimum atomic E-state index is -0.473. The first kappa shape index (κ1) is 15.3. The molecule has 0 unspecified atom stereocenters. The van der Waals surface area contributed by atoms with Gasteiger partial charge in [-0.2, -0.15) is 0 Å². The molecular weight excluding hydrogens is 343 g/mol. The molecule has 0 fully saturated rings. The number of thiazole rings is 1. The van der Waals surface area contributed by atoms with E-state index in [0.717, 1.165) is 4.88 Å². The summed E-state index contributed by atoms with van der Waals surface area (Å²) >= 11 is 1.25. The Hall–Kier alpha value is -3.19. The number of carbonyl (C=O) groups is 1. The molecule has 0 aliphatic carbocycles. The monoisotopic (exact) mass is 354 g/mol. The molecule has 1 aromatic carbocycles. The largest absolute Gasteiger partial charge is 0.463 e. The second-order valence-electron chi connectivity index (χ2n) is 5.12. The maximum absolute atomic E-state index is 13.3. The third kappa shape index (κ3) is 3.09. The highest BCUT2D eigenvalue weighted by Crippen LogP contribution is 2.39. The number of amides is 1. The predicted molar refractivity (Wildman–Crippen MR) is 91.9 cm³/mol. The fourth-order valence-electron chi connectivity index (χ4n) is 2.33. The Balaban J connectivity index is 1.69. The molecule has 0 radical (unpaired) electrons. The SMILES string of the molecule is O=C(Nc1nc(-c2ccco2)c(-c2ccco2)s1)c1cccc(F)c1. The van der Waals surface area contributed by atoms with Crippen LogP contribution in [-0.4, -0.2) is 10.9 Å². The van der Waals surface area contributed by atoms with Gasteiger partial charge in [-0.15, -0.1) is 0 Å². The van der Waals surface area contributed by atoms with Gasteiger partial charge in [0.05, 0.1) is 12.5 Å². The van der Waals surface area contributed by atoms with Crippen LogP contribution in [0.3, 0.4) is 0 Å². The Morgan fingerprint density at radius 1 is 1.04 bits per heavy atom. The van der Waals surface area contributed by atoms with Crippen molar-refractivity contribution in [1.29, 1.82) is 0 Å². The summed E-state index contributed by atoms with van der Waals surface area (Å²) in [5.74, 6) is 0.272. The van der Waals surface area contributed by atoms with Crippen LogP contribution in [0.25, 0.3) is 22.1 Å². The summed E-state index contributed by atoms with van der Waals surface area (Å²) in [5.41, 5.74) is 0.786. The van der Waals surface area contributed by atoms with E-state index in [1.807, 2.05) is 0 Å². The van der Waals surface area contributed by atoms with Crippen LogP contribution >= 0.6 is 11.3 Å². The summed E-state index contributed by atoms with van der Waals surface area (Å²) in [6.07, 6.45) is 3.11. The maximum atomic E-state index is 13.3. The number of aromatic nitrogens is 1. The number of hydrogen-bond donors (Lipinski definition) is 1. The van der Waals surface area contributed by atoms with Gasteiger partial charge >= 0.3 is 0 Å². The molecule has 0 bridgehead atoms. The van der Waals surface area contributed by atoms with Gasteiger partial charge in [0.1, 0.15) is 22.1 Å². The second-order valence-corrected chi connectivity index (χ2v) is 6.11. The van der Waals surface area contributed by atoms with Crippen LogP contribution in [-0.2, 0) is 0 Å². The summed E-state index contributed by atoms with van der Waals surface area (Å²) in [6, 6.07) is 12.6. The average Bonchev–Trinajstić information content (AvgIpc) is 3.35. The molecule has 0 spiro atoms. The molecule has 0 saturated carbocycles. The zero-order chi connectivity index (χ0) is 17.2. The van der Waals surface area contributed by atoms with Gasteiger partial charge < -0.3 is 8.83 Å². The van der Waals surface area contributed by atoms with Crippen LogP contribution in [0.5, 0.6) is 0 Å². The summed E-state index contributed by atoms with van der Waals surface area (Å²) < 4.78 is 24.1. The summed E-state index contributed by atoms with van der Waals surface area (Å²) in [5, 5.41) is 3.06. The van der Waals surface area contributed by atoms with Gasteiger partial charge in [-0.3, -0.25) is 10.1 Å². The zero-order valence-corrected chi connectivity index (χ0v) is 13.5. The van der Waals surface area contributed by atoms with E-state index in [1.165, 1.54) is 35.6 Å². The van der Waals surface area contributed by atoms with Gasteiger partial charge in [0, 0.05) is 5.56 Å². The van der Waals surface area contributed by atoms with E-state index < -0.39 is 11.7 Å². The van der Waals surface area contributed by atoms with Crippen LogP contribution in [0.4, 0.5) is 9.52 Å². The quantitative estimate of drug-likeness (QED) is 0.556. The molecule has 0 atom stereocenters. The lowest BCUT2D eigenvalue weighted by Gasteiger charge is -2.01. The number of halogens is 1. The molecule has 124 valence electrons. The lowest BCUT2D eigenvalue weighted by molar-refractivity contribution is 0.102. The Bertz CT molecular complexity index is 955. The number of hydrogen-bond acceptors (Lipinski definition) is 5. The lowest BCUT2D eigenvalue weighted by Crippen LogP contribution is -2.11. The van der Waals surface area contributed by atoms with Crippen molar-refractivity contribution in [3.05, 3.63) is 72.4 Å². The smallest absolute Gasteiger partial charge is 0.257 e. The van der Waals surface area contributed by atoms with Crippen molar-refractivity contribution in [2.75, 3.05) is 5.32 Å². The lowest BCUT2D eigenvalue weighted by atomic mass is 10.2. The predicted octanol–water partition coefficient (Wildman–Crippen LogP) is 5.05. The minimum Gasteiger partial charge on any atom is -0.463 e. The van der Waals surface area contributed by atoms with E-state index in [9.17, 15) is 9.18 Å². The van der Waals surface area contributed by atoms with Crippen LogP contribution in [0.15, 0.2) is 69.9 Å². The molecule has 3 aromatic heterocycles. The Morgan fingerprint density at radius 3 is 2.48 bits per heavy atom. The average molecular weight is 354 g/mol. The topological polar surface area (TPSA) is 68.3 Å². The molecule has 1 N–H and O–H groups in total. The maximum Gasteiger partial charge on any atom is 0.257 e. The third-order valence-corrected chi connectivity index (χ3v) is 4.42. The number of nitrogens with one attached hydrogen (secondary N) is 1. The Labute approximate surface area is 145 Å². The van der Waals surface area contributed by atoms with Crippen molar-refractivity contribution in [2.24, 2.45) is 0 Å². The number of nitrogens with zero attached hydrogens (tertiary/aromatic N) is 1. The van der Waals surface area contributed by atoms with Gasteiger partial charge in [0.2, 0.25) is 0 Å². The molecule has 7 heteroatoms. The van der Waals surface area contributed by atoms with E-state index in [2.05, 4.69) is 10.3 Å². The van der Waals surface area contributed by atoms with Crippen molar-refractivity contribution in [2.45, 2.75) is 0 Å². The highest BCUT2D eigenvalue weighted by atomic mass is 32.1. The molecule has 0 aliphatic rings. The van der Waals surface area contributed by atoms with Gasteiger partial charge in [0.15, 0.2) is 10.9 Å². The highest BCUT2D eigenvalue weighted by Gasteiger charge is 2.20. The van der Waals surface area contributed by atoms with Crippen LogP contribution in [0.2, 0.25) is 0 Å². The molecule has 3 heterocycles. The van der Waals surface area contributed by atoms with E-state index >= 15 is 0 Å². The van der Waals surface area contributed by atoms with Crippen LogP contribution < -0.4 is 5.32 Å². The van der Waals surface area contributed by atoms with Crippen molar-refractivity contribution in [3.63, 3.8) is 0 Å². The standard InChI is InChI=1S/C18H11FN2O3S/c19-12-5-1-4-11(10-12)17(22)21-18-20-15(13-6-2-8-23-13)16(25-18)14-7-3-9-24-14/h1-10H,(H,20,21,22). The first-order valence-corrected chi connectivity index (χ1v) is 8.18. The molecule has 4 rings (SSSR count). The van der Waals surface area contributed by atoms with E-state index in [4.69, 9.17) is 8.83 Å². The van der Waals surface area contributed by atoms with Gasteiger partial charge in [-0.1, -0.05) is 17.4 Å². The Kier molecular flexibility index (Phi) is 3.91. The number of furan rings is 2. The van der Waals surface area contributed by atoms with Crippen molar-refractivity contribution in [1.82, 2.24) is 4.98 Å². The first-order chi connectivity index (χ1) is 12.2. The van der Waals surface area contributed by atoms with Crippen molar-refractivity contribution in [3.8, 4) is 22.1 Å². The first-order valence-electron chi connectivity index (χ1n) is 7.36. The minimum absolute atomic E-state index is 0.217. The molecule has 0 saturated heterocycles. The normalized spacial score (nSPS) is 10.8. The molecule has 1 amide bonds. The van der Waals surface area contributed by atoms with E-state index in [1.54, 1.807) is 36.8 Å². The Morgan fingerprint density at radius 2 is 1.80 bits per heavy atom. The molecule has 5 nitrogen and oxygen atoms in total. The van der Waals surface area contributed by atoms with Crippen molar-refractivity contribution >= 4 is 22.4 Å². The molecule has 0 aliphatic heterocycles. The number of benzene rings is 1. The second kappa shape index (κ2) is 6.37. The van der Waals surface area contributed by atoms with Crippen molar-refractivity contribution < 1.29 is 18.0 Å². The fourth-order valence-corrected chi connectivity index (χ4v) is 3.26. The van der Waals surface area contributed by atoms with Gasteiger partial charge in [-0.25, -0.2) is 9.37 Å². The zero-order valence-electron chi connectivity index (χ0n) is 12.7. The van der Waals surface area contributed by atoms with E-state index in [-0.39, 0.29) is 5.56 Å². The molecule has 25 heavy (non-hydrogen) atoms. The summed E-state index contributed by atoms with van der Waals surface area (Å²) in [7, 11) is 0. The van der Waals surface area contributed by atoms with E-state index in [0.29, 0.717) is 22.3 Å². The molecular formula is C18H11FN2O3S.